The lowest BCUT2D eigenvalue weighted by atomic mass is 9.97. The van der Waals surface area contributed by atoms with Crippen LogP contribution in [0.3, 0.4) is 0 Å². The van der Waals surface area contributed by atoms with E-state index in [2.05, 4.69) is 20.2 Å². The maximum Gasteiger partial charge on any atom is 0.267 e. The summed E-state index contributed by atoms with van der Waals surface area (Å²) >= 11 is 0. The molecule has 3 rings (SSSR count). The highest BCUT2D eigenvalue weighted by atomic mass is 35.5. The standard InChI is InChI=1S/C20H31N5O2.2ClH/c26-20(24-27)10-9-17-12-22-19(13-21-17)23-18-8-5-11-25(15-18)14-16-6-3-1-2-4-7-16;;/h9-10,12-13,16,18,27H,1-8,11,14-15H2,(H,22,23)(H,24,26);2*1H/b10-9+;;. The van der Waals surface area contributed by atoms with Crippen molar-refractivity contribution in [3.05, 3.63) is 24.2 Å². The van der Waals surface area contributed by atoms with Gasteiger partial charge in [0, 0.05) is 25.2 Å². The SMILES string of the molecule is Cl.Cl.O=C(/C=C/c1cnc(NC2CCCN(CC3CCCCCC3)C2)cn1)NO. The molecule has 0 spiro atoms. The fourth-order valence-corrected chi connectivity index (χ4v) is 4.16. The van der Waals surface area contributed by atoms with Gasteiger partial charge in [-0.1, -0.05) is 25.7 Å². The van der Waals surface area contributed by atoms with Crippen LogP contribution in [0.4, 0.5) is 5.82 Å². The van der Waals surface area contributed by atoms with Crippen molar-refractivity contribution in [2.75, 3.05) is 25.0 Å². The average molecular weight is 446 g/mol. The topological polar surface area (TPSA) is 90.4 Å². The number of halogens is 2. The molecule has 1 amide bonds. The van der Waals surface area contributed by atoms with Gasteiger partial charge in [-0.25, -0.2) is 10.5 Å². The zero-order valence-electron chi connectivity index (χ0n) is 16.8. The summed E-state index contributed by atoms with van der Waals surface area (Å²) in [6, 6.07) is 0.403. The summed E-state index contributed by atoms with van der Waals surface area (Å²) in [6.45, 7) is 3.51. The van der Waals surface area contributed by atoms with Crippen LogP contribution in [0.2, 0.25) is 0 Å². The van der Waals surface area contributed by atoms with Crippen molar-refractivity contribution in [3.8, 4) is 0 Å². The number of anilines is 1. The molecule has 1 unspecified atom stereocenters. The van der Waals surface area contributed by atoms with Crippen LogP contribution in [-0.4, -0.2) is 51.7 Å². The fraction of sp³-hybridized carbons (Fsp3) is 0.650. The van der Waals surface area contributed by atoms with Crippen molar-refractivity contribution in [2.24, 2.45) is 5.92 Å². The zero-order valence-corrected chi connectivity index (χ0v) is 18.4. The molecule has 1 aliphatic carbocycles. The van der Waals surface area contributed by atoms with Crippen molar-refractivity contribution < 1.29 is 10.0 Å². The van der Waals surface area contributed by atoms with Gasteiger partial charge in [0.25, 0.3) is 5.91 Å². The van der Waals surface area contributed by atoms with Crippen molar-refractivity contribution in [1.82, 2.24) is 20.3 Å². The summed E-state index contributed by atoms with van der Waals surface area (Å²) < 4.78 is 0. The molecular weight excluding hydrogens is 413 g/mol. The summed E-state index contributed by atoms with van der Waals surface area (Å²) in [5, 5.41) is 12.0. The van der Waals surface area contributed by atoms with Crippen molar-refractivity contribution >= 4 is 42.6 Å². The molecule has 1 aliphatic heterocycles. The molecule has 9 heteroatoms. The number of hydroxylamine groups is 1. The van der Waals surface area contributed by atoms with Gasteiger partial charge in [0.05, 0.1) is 18.1 Å². The van der Waals surface area contributed by atoms with Crippen LogP contribution in [0.15, 0.2) is 18.5 Å². The molecule has 2 fully saturated rings. The van der Waals surface area contributed by atoms with Crippen LogP contribution in [-0.2, 0) is 4.79 Å². The number of aromatic nitrogens is 2. The lowest BCUT2D eigenvalue weighted by Crippen LogP contribution is -2.44. The maximum atomic E-state index is 11.0. The number of likely N-dealkylation sites (tertiary alicyclic amines) is 1. The van der Waals surface area contributed by atoms with Crippen LogP contribution in [0.5, 0.6) is 0 Å². The highest BCUT2D eigenvalue weighted by Gasteiger charge is 2.23. The molecule has 7 nitrogen and oxygen atoms in total. The first kappa shape index (κ1) is 25.6. The first-order chi connectivity index (χ1) is 13.2. The van der Waals surface area contributed by atoms with E-state index in [9.17, 15) is 4.79 Å². The highest BCUT2D eigenvalue weighted by molar-refractivity contribution is 5.90. The van der Waals surface area contributed by atoms with E-state index in [1.54, 1.807) is 17.9 Å². The van der Waals surface area contributed by atoms with E-state index < -0.39 is 5.91 Å². The predicted octanol–water partition coefficient (Wildman–Crippen LogP) is 3.69. The number of nitrogens with one attached hydrogen (secondary N) is 2. The van der Waals surface area contributed by atoms with E-state index in [-0.39, 0.29) is 24.8 Å². The van der Waals surface area contributed by atoms with E-state index in [0.29, 0.717) is 11.7 Å². The third-order valence-electron chi connectivity index (χ3n) is 5.54. The summed E-state index contributed by atoms with van der Waals surface area (Å²) in [6.07, 6.45) is 16.8. The number of carbonyl (C=O) groups is 1. The average Bonchev–Trinajstić information content (AvgIpc) is 2.96. The highest BCUT2D eigenvalue weighted by Crippen LogP contribution is 2.25. The Morgan fingerprint density at radius 1 is 1.10 bits per heavy atom. The number of rotatable bonds is 6. The Balaban J connectivity index is 0.00000210. The van der Waals surface area contributed by atoms with E-state index in [0.717, 1.165) is 24.7 Å². The van der Waals surface area contributed by atoms with Gasteiger partial charge in [0.1, 0.15) is 5.82 Å². The van der Waals surface area contributed by atoms with Gasteiger partial charge in [-0.3, -0.25) is 15.0 Å². The molecular formula is C20H33Cl2N5O2. The molecule has 2 aliphatic rings. The number of piperidine rings is 1. The van der Waals surface area contributed by atoms with Crippen LogP contribution in [0.25, 0.3) is 6.08 Å². The molecule has 1 saturated heterocycles. The maximum absolute atomic E-state index is 11.0. The third kappa shape index (κ3) is 8.86. The normalized spacial score (nSPS) is 20.9. The van der Waals surface area contributed by atoms with Gasteiger partial charge in [-0.2, -0.15) is 0 Å². The van der Waals surface area contributed by atoms with Crippen LogP contribution in [0.1, 0.15) is 57.1 Å². The molecule has 3 N–H and O–H groups in total. The number of amides is 1. The molecule has 1 aromatic heterocycles. The number of nitrogens with zero attached hydrogens (tertiary/aromatic N) is 3. The molecule has 1 atom stereocenters. The largest absolute Gasteiger partial charge is 0.365 e. The van der Waals surface area contributed by atoms with Crippen LogP contribution in [0, 0.1) is 5.92 Å². The third-order valence-corrected chi connectivity index (χ3v) is 5.54. The summed E-state index contributed by atoms with van der Waals surface area (Å²) in [4.78, 5) is 22.3. The van der Waals surface area contributed by atoms with Gasteiger partial charge < -0.3 is 10.2 Å². The fourth-order valence-electron chi connectivity index (χ4n) is 4.16. The lowest BCUT2D eigenvalue weighted by Gasteiger charge is -2.35. The molecule has 0 bridgehead atoms. The zero-order chi connectivity index (χ0) is 18.9. The van der Waals surface area contributed by atoms with Crippen molar-refractivity contribution in [3.63, 3.8) is 0 Å². The number of hydrogen-bond donors (Lipinski definition) is 3. The minimum absolute atomic E-state index is 0. The lowest BCUT2D eigenvalue weighted by molar-refractivity contribution is -0.124. The van der Waals surface area contributed by atoms with E-state index in [4.69, 9.17) is 5.21 Å². The van der Waals surface area contributed by atoms with E-state index in [1.807, 2.05) is 0 Å². The molecule has 2 heterocycles. The Kier molecular flexibility index (Phi) is 12.1. The second-order valence-electron chi connectivity index (χ2n) is 7.74. The Morgan fingerprint density at radius 3 is 2.52 bits per heavy atom. The molecule has 0 radical (unpaired) electrons. The van der Waals surface area contributed by atoms with E-state index in [1.165, 1.54) is 70.2 Å². The molecule has 1 aromatic rings. The van der Waals surface area contributed by atoms with Crippen LogP contribution < -0.4 is 10.8 Å². The molecule has 0 aromatic carbocycles. The summed E-state index contributed by atoms with van der Waals surface area (Å²) in [7, 11) is 0. The minimum atomic E-state index is -0.588. The second-order valence-corrected chi connectivity index (χ2v) is 7.74. The summed E-state index contributed by atoms with van der Waals surface area (Å²) in [5.74, 6) is 1.04. The minimum Gasteiger partial charge on any atom is -0.365 e. The van der Waals surface area contributed by atoms with Gasteiger partial charge in [-0.05, 0) is 44.2 Å². The van der Waals surface area contributed by atoms with Crippen LogP contribution >= 0.6 is 24.8 Å². The predicted molar refractivity (Wildman–Crippen MR) is 120 cm³/mol. The van der Waals surface area contributed by atoms with Gasteiger partial charge in [0.2, 0.25) is 0 Å². The van der Waals surface area contributed by atoms with Gasteiger partial charge >= 0.3 is 0 Å². The smallest absolute Gasteiger partial charge is 0.267 e. The van der Waals surface area contributed by atoms with Gasteiger partial charge in [0.15, 0.2) is 0 Å². The van der Waals surface area contributed by atoms with E-state index >= 15 is 0 Å². The number of carbonyl (C=O) groups excluding carboxylic acids is 1. The molecule has 29 heavy (non-hydrogen) atoms. The Morgan fingerprint density at radius 2 is 1.86 bits per heavy atom. The second kappa shape index (κ2) is 13.7. The first-order valence-corrected chi connectivity index (χ1v) is 10.2. The monoisotopic (exact) mass is 445 g/mol. The Labute approximate surface area is 185 Å². The quantitative estimate of drug-likeness (QED) is 0.267. The Bertz CT molecular complexity index is 622. The van der Waals surface area contributed by atoms with Gasteiger partial charge in [-0.15, -0.1) is 24.8 Å². The molecule has 164 valence electrons. The van der Waals surface area contributed by atoms with Crippen molar-refractivity contribution in [1.29, 1.82) is 0 Å². The Hall–Kier alpha value is -1.41. The number of hydrogen-bond acceptors (Lipinski definition) is 6. The first-order valence-electron chi connectivity index (χ1n) is 10.2. The van der Waals surface area contributed by atoms with Crippen molar-refractivity contribution in [2.45, 2.75) is 57.4 Å². The summed E-state index contributed by atoms with van der Waals surface area (Å²) in [5.41, 5.74) is 2.12. The molecule has 1 saturated carbocycles.